The van der Waals surface area contributed by atoms with Crippen LogP contribution >= 0.6 is 11.6 Å². The second-order valence-electron chi connectivity index (χ2n) is 4.44. The van der Waals surface area contributed by atoms with E-state index in [1.165, 1.54) is 17.0 Å². The quantitative estimate of drug-likeness (QED) is 0.928. The first-order chi connectivity index (χ1) is 8.95. The molecular weight excluding hydrogens is 273 g/mol. The van der Waals surface area contributed by atoms with Crippen molar-refractivity contribution < 1.29 is 19.1 Å². The van der Waals surface area contributed by atoms with E-state index in [1.807, 2.05) is 0 Å². The zero-order valence-electron chi connectivity index (χ0n) is 10.3. The van der Waals surface area contributed by atoms with E-state index in [2.05, 4.69) is 0 Å². The Morgan fingerprint density at radius 1 is 1.58 bits per heavy atom. The zero-order chi connectivity index (χ0) is 14.2. The third-order valence-electron chi connectivity index (χ3n) is 3.37. The van der Waals surface area contributed by atoms with E-state index in [9.17, 15) is 19.1 Å². The molecule has 102 valence electrons. The predicted molar refractivity (Wildman–Crippen MR) is 67.3 cm³/mol. The number of carboxylic acids is 1. The minimum absolute atomic E-state index is 0.101. The second kappa shape index (κ2) is 5.17. The summed E-state index contributed by atoms with van der Waals surface area (Å²) in [5, 5.41) is 9.43. The maximum absolute atomic E-state index is 14.0. The predicted octanol–water partition coefficient (Wildman–Crippen LogP) is 2.47. The first-order valence-corrected chi connectivity index (χ1v) is 6.30. The van der Waals surface area contributed by atoms with Crippen molar-refractivity contribution in [3.8, 4) is 0 Å². The standard InChI is InChI=1S/C13H13ClFNO3/c1-2-16-11(17)6-9(13(18)19)12(16)8-4-3-7(14)5-10(8)15/h3-5,9,12H,2,6H2,1H3,(H,18,19). The van der Waals surface area contributed by atoms with E-state index in [1.54, 1.807) is 6.92 Å². The summed E-state index contributed by atoms with van der Waals surface area (Å²) < 4.78 is 14.0. The second-order valence-corrected chi connectivity index (χ2v) is 4.88. The van der Waals surface area contributed by atoms with Gasteiger partial charge in [-0.25, -0.2) is 4.39 Å². The molecule has 1 aliphatic heterocycles. The summed E-state index contributed by atoms with van der Waals surface area (Å²) in [5.41, 5.74) is 0.199. The number of benzene rings is 1. The molecule has 0 radical (unpaired) electrons. The smallest absolute Gasteiger partial charge is 0.309 e. The third-order valence-corrected chi connectivity index (χ3v) is 3.61. The van der Waals surface area contributed by atoms with E-state index in [-0.39, 0.29) is 22.9 Å². The van der Waals surface area contributed by atoms with Crippen molar-refractivity contribution in [2.75, 3.05) is 6.54 Å². The fourth-order valence-corrected chi connectivity index (χ4v) is 2.67. The van der Waals surface area contributed by atoms with Crippen LogP contribution in [0.3, 0.4) is 0 Å². The average Bonchev–Trinajstić information content (AvgIpc) is 2.66. The molecule has 1 aromatic rings. The van der Waals surface area contributed by atoms with Crippen molar-refractivity contribution in [1.29, 1.82) is 0 Å². The number of likely N-dealkylation sites (tertiary alicyclic amines) is 1. The Balaban J connectivity index is 2.48. The Morgan fingerprint density at radius 3 is 2.79 bits per heavy atom. The number of hydrogen-bond acceptors (Lipinski definition) is 2. The van der Waals surface area contributed by atoms with Crippen molar-refractivity contribution in [2.24, 2.45) is 5.92 Å². The lowest BCUT2D eigenvalue weighted by molar-refractivity contribution is -0.142. The van der Waals surface area contributed by atoms with E-state index in [4.69, 9.17) is 11.6 Å². The van der Waals surface area contributed by atoms with Crippen LogP contribution in [0.25, 0.3) is 0 Å². The van der Waals surface area contributed by atoms with Crippen LogP contribution in [0.4, 0.5) is 4.39 Å². The normalized spacial score (nSPS) is 22.9. The van der Waals surface area contributed by atoms with Gasteiger partial charge < -0.3 is 10.0 Å². The summed E-state index contributed by atoms with van der Waals surface area (Å²) in [7, 11) is 0. The molecule has 4 nitrogen and oxygen atoms in total. The minimum Gasteiger partial charge on any atom is -0.481 e. The Bertz CT molecular complexity index is 535. The molecule has 1 aliphatic rings. The number of carbonyl (C=O) groups excluding carboxylic acids is 1. The van der Waals surface area contributed by atoms with Gasteiger partial charge in [0.15, 0.2) is 0 Å². The third kappa shape index (κ3) is 2.42. The molecule has 1 fully saturated rings. The van der Waals surface area contributed by atoms with Crippen LogP contribution < -0.4 is 0 Å². The fraction of sp³-hybridized carbons (Fsp3) is 0.385. The lowest BCUT2D eigenvalue weighted by Crippen LogP contribution is -2.31. The molecule has 1 saturated heterocycles. The molecule has 1 amide bonds. The Labute approximate surface area is 114 Å². The fourth-order valence-electron chi connectivity index (χ4n) is 2.51. The van der Waals surface area contributed by atoms with Crippen molar-refractivity contribution >= 4 is 23.5 Å². The summed E-state index contributed by atoms with van der Waals surface area (Å²) in [4.78, 5) is 24.4. The number of aliphatic carboxylic acids is 1. The molecule has 0 saturated carbocycles. The van der Waals surface area contributed by atoms with Crippen LogP contribution in [-0.4, -0.2) is 28.4 Å². The number of nitrogens with zero attached hydrogens (tertiary/aromatic N) is 1. The molecule has 6 heteroatoms. The van der Waals surface area contributed by atoms with Crippen molar-refractivity contribution in [3.05, 3.63) is 34.6 Å². The van der Waals surface area contributed by atoms with Gasteiger partial charge in [0.1, 0.15) is 5.82 Å². The Hall–Kier alpha value is -1.62. The first kappa shape index (κ1) is 13.8. The van der Waals surface area contributed by atoms with Crippen molar-refractivity contribution in [3.63, 3.8) is 0 Å². The van der Waals surface area contributed by atoms with Gasteiger partial charge in [-0.3, -0.25) is 9.59 Å². The first-order valence-electron chi connectivity index (χ1n) is 5.93. The molecule has 0 aromatic heterocycles. The molecule has 2 rings (SSSR count). The molecule has 0 aliphatic carbocycles. The van der Waals surface area contributed by atoms with Crippen LogP contribution in [0.15, 0.2) is 18.2 Å². The van der Waals surface area contributed by atoms with Gasteiger partial charge in [0, 0.05) is 23.6 Å². The summed E-state index contributed by atoms with van der Waals surface area (Å²) in [6.45, 7) is 2.08. The van der Waals surface area contributed by atoms with Gasteiger partial charge in [0.05, 0.1) is 12.0 Å². The van der Waals surface area contributed by atoms with E-state index < -0.39 is 23.7 Å². The van der Waals surface area contributed by atoms with E-state index in [0.29, 0.717) is 6.54 Å². The van der Waals surface area contributed by atoms with Gasteiger partial charge in [-0.1, -0.05) is 17.7 Å². The van der Waals surface area contributed by atoms with Gasteiger partial charge in [-0.2, -0.15) is 0 Å². The number of rotatable bonds is 3. The monoisotopic (exact) mass is 285 g/mol. The molecule has 0 spiro atoms. The van der Waals surface area contributed by atoms with E-state index >= 15 is 0 Å². The molecule has 2 atom stereocenters. The summed E-state index contributed by atoms with van der Waals surface area (Å²) in [6.07, 6.45) is -0.101. The number of carboxylic acid groups (broad SMARTS) is 1. The van der Waals surface area contributed by atoms with Gasteiger partial charge in [-0.05, 0) is 19.1 Å². The van der Waals surface area contributed by atoms with Gasteiger partial charge in [-0.15, -0.1) is 0 Å². The average molecular weight is 286 g/mol. The maximum atomic E-state index is 14.0. The zero-order valence-corrected chi connectivity index (χ0v) is 11.0. The molecule has 2 unspecified atom stereocenters. The molecule has 1 N–H and O–H groups in total. The van der Waals surface area contributed by atoms with Gasteiger partial charge >= 0.3 is 5.97 Å². The SMILES string of the molecule is CCN1C(=O)CC(C(=O)O)C1c1ccc(Cl)cc1F. The maximum Gasteiger partial charge on any atom is 0.309 e. The van der Waals surface area contributed by atoms with Crippen LogP contribution in [0.5, 0.6) is 0 Å². The number of halogens is 2. The van der Waals surface area contributed by atoms with Crippen LogP contribution in [-0.2, 0) is 9.59 Å². The topological polar surface area (TPSA) is 57.6 Å². The van der Waals surface area contributed by atoms with Gasteiger partial charge in [0.2, 0.25) is 5.91 Å². The largest absolute Gasteiger partial charge is 0.481 e. The summed E-state index contributed by atoms with van der Waals surface area (Å²) >= 11 is 5.68. The molecule has 1 heterocycles. The lowest BCUT2D eigenvalue weighted by atomic mass is 9.93. The Kier molecular flexibility index (Phi) is 3.75. The molecular formula is C13H13ClFNO3. The van der Waals surface area contributed by atoms with Crippen LogP contribution in [0.2, 0.25) is 5.02 Å². The highest BCUT2D eigenvalue weighted by Gasteiger charge is 2.44. The minimum atomic E-state index is -1.09. The van der Waals surface area contributed by atoms with Gasteiger partial charge in [0.25, 0.3) is 0 Å². The van der Waals surface area contributed by atoms with Crippen molar-refractivity contribution in [1.82, 2.24) is 4.90 Å². The number of carbonyl (C=O) groups is 2. The van der Waals surface area contributed by atoms with E-state index in [0.717, 1.165) is 6.07 Å². The highest BCUT2D eigenvalue weighted by molar-refractivity contribution is 6.30. The Morgan fingerprint density at radius 2 is 2.26 bits per heavy atom. The molecule has 1 aromatic carbocycles. The number of hydrogen-bond donors (Lipinski definition) is 1. The van der Waals surface area contributed by atoms with Crippen LogP contribution in [0.1, 0.15) is 24.9 Å². The van der Waals surface area contributed by atoms with Crippen LogP contribution in [0, 0.1) is 11.7 Å². The highest BCUT2D eigenvalue weighted by atomic mass is 35.5. The summed E-state index contributed by atoms with van der Waals surface area (Å²) in [6, 6.07) is 3.30. The lowest BCUT2D eigenvalue weighted by Gasteiger charge is -2.26. The molecule has 0 bridgehead atoms. The van der Waals surface area contributed by atoms with Crippen molar-refractivity contribution in [2.45, 2.75) is 19.4 Å². The number of amides is 1. The highest BCUT2D eigenvalue weighted by Crippen LogP contribution is 2.39. The summed E-state index contributed by atoms with van der Waals surface area (Å²) in [5.74, 6) is -2.88. The molecule has 19 heavy (non-hydrogen) atoms.